The van der Waals surface area contributed by atoms with Crippen LogP contribution in [0.2, 0.25) is 0 Å². The van der Waals surface area contributed by atoms with Crippen molar-refractivity contribution in [2.75, 3.05) is 13.1 Å². The first-order valence-electron chi connectivity index (χ1n) is 8.52. The smallest absolute Gasteiger partial charge is 0.271 e. The second-order valence-corrected chi connectivity index (χ2v) is 7.32. The van der Waals surface area contributed by atoms with Crippen molar-refractivity contribution in [3.05, 3.63) is 75.7 Å². The molecule has 26 heavy (non-hydrogen) atoms. The molecule has 0 saturated carbocycles. The lowest BCUT2D eigenvalue weighted by molar-refractivity contribution is 0.0754. The fraction of sp³-hybridized carbons (Fsp3) is 0.250. The SMILES string of the molecule is CC(C)CN(CC=Cc1ccccc1)C(=O)c1cnc2sccn2c1=O. The lowest BCUT2D eigenvalue weighted by Crippen LogP contribution is -2.38. The topological polar surface area (TPSA) is 54.7 Å². The molecule has 0 spiro atoms. The Kier molecular flexibility index (Phi) is 5.63. The number of thiazole rings is 1. The van der Waals surface area contributed by atoms with E-state index in [0.29, 0.717) is 24.0 Å². The van der Waals surface area contributed by atoms with Crippen molar-refractivity contribution < 1.29 is 4.79 Å². The van der Waals surface area contributed by atoms with Crippen molar-refractivity contribution in [2.24, 2.45) is 5.92 Å². The molecule has 6 heteroatoms. The predicted molar refractivity (Wildman–Crippen MR) is 106 cm³/mol. The summed E-state index contributed by atoms with van der Waals surface area (Å²) < 4.78 is 1.42. The van der Waals surface area contributed by atoms with Crippen LogP contribution in [0.15, 0.2) is 59.0 Å². The molecule has 2 heterocycles. The zero-order valence-electron chi connectivity index (χ0n) is 14.8. The maximum Gasteiger partial charge on any atom is 0.271 e. The number of nitrogens with zero attached hydrogens (tertiary/aromatic N) is 3. The first kappa shape index (κ1) is 18.1. The van der Waals surface area contributed by atoms with Gasteiger partial charge >= 0.3 is 0 Å². The highest BCUT2D eigenvalue weighted by Crippen LogP contribution is 2.09. The van der Waals surface area contributed by atoms with Crippen LogP contribution in [0, 0.1) is 5.92 Å². The third-order valence-corrected chi connectivity index (χ3v) is 4.65. The van der Waals surface area contributed by atoms with E-state index in [1.54, 1.807) is 16.5 Å². The molecule has 0 atom stereocenters. The quantitative estimate of drug-likeness (QED) is 0.669. The number of carbonyl (C=O) groups is 1. The Morgan fingerprint density at radius 1 is 1.31 bits per heavy atom. The average Bonchev–Trinajstić information content (AvgIpc) is 3.11. The van der Waals surface area contributed by atoms with Gasteiger partial charge in [0.1, 0.15) is 5.56 Å². The standard InChI is InChI=1S/C20H21N3O2S/c1-15(2)14-22(10-6-9-16-7-4-3-5-8-16)18(24)17-13-21-20-23(19(17)25)11-12-26-20/h3-9,11-13,15H,10,14H2,1-2H3. The molecule has 5 nitrogen and oxygen atoms in total. The van der Waals surface area contributed by atoms with Crippen molar-refractivity contribution in [2.45, 2.75) is 13.8 Å². The number of hydrogen-bond acceptors (Lipinski definition) is 4. The molecule has 0 aliphatic carbocycles. The Bertz CT molecular complexity index is 973. The zero-order chi connectivity index (χ0) is 18.5. The van der Waals surface area contributed by atoms with E-state index in [-0.39, 0.29) is 17.0 Å². The monoisotopic (exact) mass is 367 g/mol. The van der Waals surface area contributed by atoms with Crippen LogP contribution < -0.4 is 5.56 Å². The summed E-state index contributed by atoms with van der Waals surface area (Å²) in [5.41, 5.74) is 0.864. The molecule has 0 radical (unpaired) electrons. The van der Waals surface area contributed by atoms with Gasteiger partial charge in [-0.1, -0.05) is 56.3 Å². The highest BCUT2D eigenvalue weighted by Gasteiger charge is 2.20. The van der Waals surface area contributed by atoms with E-state index in [2.05, 4.69) is 4.98 Å². The number of amides is 1. The van der Waals surface area contributed by atoms with E-state index < -0.39 is 0 Å². The molecule has 0 aliphatic heterocycles. The van der Waals surface area contributed by atoms with Gasteiger partial charge < -0.3 is 4.90 Å². The molecular formula is C20H21N3O2S. The first-order chi connectivity index (χ1) is 12.6. The van der Waals surface area contributed by atoms with E-state index in [9.17, 15) is 9.59 Å². The molecule has 0 N–H and O–H groups in total. The van der Waals surface area contributed by atoms with Crippen LogP contribution in [-0.2, 0) is 0 Å². The normalized spacial score (nSPS) is 11.5. The van der Waals surface area contributed by atoms with Gasteiger partial charge in [0.05, 0.1) is 0 Å². The van der Waals surface area contributed by atoms with Crippen molar-refractivity contribution in [1.82, 2.24) is 14.3 Å². The molecule has 0 saturated heterocycles. The minimum atomic E-state index is -0.318. The van der Waals surface area contributed by atoms with Crippen molar-refractivity contribution in [3.63, 3.8) is 0 Å². The maximum atomic E-state index is 13.0. The van der Waals surface area contributed by atoms with Crippen LogP contribution in [0.3, 0.4) is 0 Å². The van der Waals surface area contributed by atoms with Gasteiger partial charge in [-0.15, -0.1) is 11.3 Å². The van der Waals surface area contributed by atoms with Crippen LogP contribution in [0.25, 0.3) is 11.0 Å². The van der Waals surface area contributed by atoms with E-state index in [4.69, 9.17) is 0 Å². The molecule has 0 unspecified atom stereocenters. The van der Waals surface area contributed by atoms with Gasteiger partial charge in [-0.25, -0.2) is 4.98 Å². The third kappa shape index (κ3) is 4.08. The second-order valence-electron chi connectivity index (χ2n) is 6.45. The number of rotatable bonds is 6. The number of fused-ring (bicyclic) bond motifs is 1. The van der Waals surface area contributed by atoms with Crippen LogP contribution >= 0.6 is 11.3 Å². The van der Waals surface area contributed by atoms with E-state index in [1.807, 2.05) is 56.3 Å². The van der Waals surface area contributed by atoms with E-state index in [1.165, 1.54) is 21.9 Å². The average molecular weight is 367 g/mol. The number of carbonyl (C=O) groups excluding carboxylic acids is 1. The highest BCUT2D eigenvalue weighted by atomic mass is 32.1. The zero-order valence-corrected chi connectivity index (χ0v) is 15.6. The Balaban J connectivity index is 1.84. The number of benzene rings is 1. The summed E-state index contributed by atoms with van der Waals surface area (Å²) >= 11 is 1.37. The predicted octanol–water partition coefficient (Wildman–Crippen LogP) is 3.57. The van der Waals surface area contributed by atoms with E-state index in [0.717, 1.165) is 5.56 Å². The second kappa shape index (κ2) is 8.10. The Morgan fingerprint density at radius 3 is 2.81 bits per heavy atom. The summed E-state index contributed by atoms with van der Waals surface area (Å²) in [6.45, 7) is 5.12. The molecule has 2 aromatic heterocycles. The molecule has 1 amide bonds. The fourth-order valence-corrected chi connectivity index (χ4v) is 3.38. The Morgan fingerprint density at radius 2 is 2.08 bits per heavy atom. The highest BCUT2D eigenvalue weighted by molar-refractivity contribution is 7.15. The summed E-state index contributed by atoms with van der Waals surface area (Å²) in [5.74, 6) is 0.0131. The van der Waals surface area contributed by atoms with Crippen molar-refractivity contribution in [3.8, 4) is 0 Å². The summed E-state index contributed by atoms with van der Waals surface area (Å²) in [6.07, 6.45) is 6.97. The molecule has 0 bridgehead atoms. The summed E-state index contributed by atoms with van der Waals surface area (Å²) in [6, 6.07) is 9.92. The van der Waals surface area contributed by atoms with Gasteiger partial charge in [-0.05, 0) is 11.5 Å². The first-order valence-corrected chi connectivity index (χ1v) is 9.40. The summed E-state index contributed by atoms with van der Waals surface area (Å²) in [5, 5.41) is 1.78. The van der Waals surface area contributed by atoms with Gasteiger partial charge in [0, 0.05) is 30.9 Å². The van der Waals surface area contributed by atoms with Gasteiger partial charge in [0.2, 0.25) is 0 Å². The van der Waals surface area contributed by atoms with Crippen LogP contribution in [0.4, 0.5) is 0 Å². The molecule has 134 valence electrons. The van der Waals surface area contributed by atoms with Gasteiger partial charge in [-0.2, -0.15) is 0 Å². The molecule has 0 aliphatic rings. The molecular weight excluding hydrogens is 346 g/mol. The van der Waals surface area contributed by atoms with Gasteiger partial charge in [0.15, 0.2) is 4.96 Å². The Hall–Kier alpha value is -2.73. The lowest BCUT2D eigenvalue weighted by Gasteiger charge is -2.23. The third-order valence-electron chi connectivity index (χ3n) is 3.88. The van der Waals surface area contributed by atoms with Gasteiger partial charge in [0.25, 0.3) is 11.5 Å². The summed E-state index contributed by atoms with van der Waals surface area (Å²) in [4.78, 5) is 32.0. The van der Waals surface area contributed by atoms with Crippen LogP contribution in [-0.4, -0.2) is 33.3 Å². The fourth-order valence-electron chi connectivity index (χ4n) is 2.70. The summed E-state index contributed by atoms with van der Waals surface area (Å²) in [7, 11) is 0. The Labute approximate surface area is 156 Å². The lowest BCUT2D eigenvalue weighted by atomic mass is 10.1. The largest absolute Gasteiger partial charge is 0.334 e. The minimum absolute atomic E-state index is 0.106. The van der Waals surface area contributed by atoms with Gasteiger partial charge in [-0.3, -0.25) is 14.0 Å². The minimum Gasteiger partial charge on any atom is -0.334 e. The van der Waals surface area contributed by atoms with Crippen molar-refractivity contribution in [1.29, 1.82) is 0 Å². The van der Waals surface area contributed by atoms with Crippen LogP contribution in [0.1, 0.15) is 29.8 Å². The molecule has 3 rings (SSSR count). The van der Waals surface area contributed by atoms with Crippen LogP contribution in [0.5, 0.6) is 0 Å². The van der Waals surface area contributed by atoms with E-state index >= 15 is 0 Å². The maximum absolute atomic E-state index is 13.0. The number of hydrogen-bond donors (Lipinski definition) is 0. The van der Waals surface area contributed by atoms with Crippen molar-refractivity contribution >= 4 is 28.3 Å². The molecule has 1 aromatic carbocycles. The molecule has 3 aromatic rings. The molecule has 0 fully saturated rings. The number of aromatic nitrogens is 2.